The lowest BCUT2D eigenvalue weighted by atomic mass is 9.97. The Hall–Kier alpha value is -2.11. The van der Waals surface area contributed by atoms with Crippen molar-refractivity contribution < 1.29 is 19.4 Å². The summed E-state index contributed by atoms with van der Waals surface area (Å²) in [4.78, 5) is 29.1. The minimum absolute atomic E-state index is 0.0487. The molecule has 1 N–H and O–H groups in total. The van der Waals surface area contributed by atoms with Gasteiger partial charge in [-0.2, -0.15) is 0 Å². The molecule has 1 amide bonds. The maximum Gasteiger partial charge on any atom is 0.310 e. The molecule has 1 aromatic heterocycles. The molecule has 1 saturated heterocycles. The monoisotopic (exact) mass is 264 g/mol. The van der Waals surface area contributed by atoms with E-state index < -0.39 is 0 Å². The van der Waals surface area contributed by atoms with Crippen molar-refractivity contribution in [2.75, 3.05) is 20.2 Å². The van der Waals surface area contributed by atoms with Gasteiger partial charge in [0.05, 0.1) is 24.8 Å². The average molecular weight is 264 g/mol. The number of carbonyl (C=O) groups is 2. The molecule has 0 bridgehead atoms. The molecule has 1 aliphatic rings. The molecule has 1 aliphatic heterocycles. The van der Waals surface area contributed by atoms with E-state index in [1.807, 2.05) is 0 Å². The molecule has 102 valence electrons. The van der Waals surface area contributed by atoms with Crippen LogP contribution in [0, 0.1) is 5.92 Å². The van der Waals surface area contributed by atoms with Gasteiger partial charge in [0.1, 0.15) is 5.75 Å². The third-order valence-corrected chi connectivity index (χ3v) is 3.21. The Kier molecular flexibility index (Phi) is 3.99. The summed E-state index contributed by atoms with van der Waals surface area (Å²) in [6.07, 6.45) is 4.17. The molecule has 6 nitrogen and oxygen atoms in total. The molecule has 1 aromatic rings. The van der Waals surface area contributed by atoms with Gasteiger partial charge >= 0.3 is 5.97 Å². The Balaban J connectivity index is 2.09. The predicted octanol–water partition coefficient (Wildman–Crippen LogP) is 0.812. The second kappa shape index (κ2) is 5.69. The Bertz CT molecular complexity index is 489. The van der Waals surface area contributed by atoms with Gasteiger partial charge < -0.3 is 14.7 Å². The quantitative estimate of drug-likeness (QED) is 0.800. The summed E-state index contributed by atoms with van der Waals surface area (Å²) in [5, 5.41) is 9.33. The molecule has 1 atom stereocenters. The van der Waals surface area contributed by atoms with E-state index in [-0.39, 0.29) is 23.5 Å². The van der Waals surface area contributed by atoms with Gasteiger partial charge in [-0.25, -0.2) is 0 Å². The number of likely N-dealkylation sites (tertiary alicyclic amines) is 1. The third kappa shape index (κ3) is 3.01. The van der Waals surface area contributed by atoms with Crippen molar-refractivity contribution in [2.24, 2.45) is 5.92 Å². The molecule has 0 radical (unpaired) electrons. The zero-order chi connectivity index (χ0) is 13.8. The zero-order valence-corrected chi connectivity index (χ0v) is 10.7. The summed E-state index contributed by atoms with van der Waals surface area (Å²) in [5.41, 5.74) is 0.325. The van der Waals surface area contributed by atoms with Crippen LogP contribution in [0.15, 0.2) is 18.5 Å². The molecule has 1 unspecified atom stereocenters. The van der Waals surface area contributed by atoms with Gasteiger partial charge in [0.15, 0.2) is 0 Å². The lowest BCUT2D eigenvalue weighted by Crippen LogP contribution is -2.42. The number of methoxy groups -OCH3 is 1. The van der Waals surface area contributed by atoms with Gasteiger partial charge in [0, 0.05) is 19.3 Å². The first-order valence-corrected chi connectivity index (χ1v) is 6.13. The Morgan fingerprint density at radius 1 is 1.47 bits per heavy atom. The molecule has 0 aliphatic carbocycles. The predicted molar refractivity (Wildman–Crippen MR) is 66.5 cm³/mol. The van der Waals surface area contributed by atoms with Crippen LogP contribution in [0.3, 0.4) is 0 Å². The maximum atomic E-state index is 12.2. The highest BCUT2D eigenvalue weighted by Crippen LogP contribution is 2.20. The minimum atomic E-state index is -0.286. The van der Waals surface area contributed by atoms with E-state index in [0.29, 0.717) is 18.7 Å². The fourth-order valence-corrected chi connectivity index (χ4v) is 2.25. The number of aromatic hydroxyl groups is 1. The average Bonchev–Trinajstić information content (AvgIpc) is 2.45. The topological polar surface area (TPSA) is 79.7 Å². The second-order valence-corrected chi connectivity index (χ2v) is 4.55. The van der Waals surface area contributed by atoms with Gasteiger partial charge in [-0.1, -0.05) is 0 Å². The standard InChI is InChI=1S/C13H16N2O4/c1-19-13(18)9-3-2-4-15(8-9)12(17)10-5-11(16)7-14-6-10/h5-7,9,16H,2-4,8H2,1H3. The summed E-state index contributed by atoms with van der Waals surface area (Å²) >= 11 is 0. The number of ether oxygens (including phenoxy) is 1. The second-order valence-electron chi connectivity index (χ2n) is 4.55. The molecular weight excluding hydrogens is 248 g/mol. The van der Waals surface area contributed by atoms with Crippen molar-refractivity contribution >= 4 is 11.9 Å². The summed E-state index contributed by atoms with van der Waals surface area (Å²) < 4.78 is 4.71. The first-order chi connectivity index (χ1) is 9.11. The number of hydrogen-bond donors (Lipinski definition) is 1. The molecule has 19 heavy (non-hydrogen) atoms. The molecule has 0 spiro atoms. The van der Waals surface area contributed by atoms with Gasteiger partial charge in [0.2, 0.25) is 0 Å². The lowest BCUT2D eigenvalue weighted by molar-refractivity contribution is -0.146. The van der Waals surface area contributed by atoms with Crippen molar-refractivity contribution in [3.05, 3.63) is 24.0 Å². The molecule has 2 rings (SSSR count). The fraction of sp³-hybridized carbons (Fsp3) is 0.462. The first kappa shape index (κ1) is 13.3. The van der Waals surface area contributed by atoms with Crippen LogP contribution in [0.25, 0.3) is 0 Å². The van der Waals surface area contributed by atoms with E-state index in [4.69, 9.17) is 4.74 Å². The van der Waals surface area contributed by atoms with Crippen molar-refractivity contribution in [1.82, 2.24) is 9.88 Å². The number of pyridine rings is 1. The molecule has 0 aromatic carbocycles. The minimum Gasteiger partial charge on any atom is -0.506 e. The van der Waals surface area contributed by atoms with E-state index in [9.17, 15) is 14.7 Å². The number of aromatic nitrogens is 1. The van der Waals surface area contributed by atoms with Crippen LogP contribution in [-0.4, -0.2) is 47.1 Å². The summed E-state index contributed by atoms with van der Waals surface area (Å²) in [6, 6.07) is 1.37. The van der Waals surface area contributed by atoms with Crippen LogP contribution >= 0.6 is 0 Å². The van der Waals surface area contributed by atoms with Crippen LogP contribution in [0.4, 0.5) is 0 Å². The van der Waals surface area contributed by atoms with Gasteiger partial charge in [-0.05, 0) is 18.9 Å². The van der Waals surface area contributed by atoms with E-state index in [0.717, 1.165) is 12.8 Å². The Labute approximate surface area is 111 Å². The number of hydrogen-bond acceptors (Lipinski definition) is 5. The van der Waals surface area contributed by atoms with Crippen molar-refractivity contribution in [3.8, 4) is 5.75 Å². The van der Waals surface area contributed by atoms with Crippen LogP contribution in [0.5, 0.6) is 5.75 Å². The molecule has 0 saturated carbocycles. The smallest absolute Gasteiger partial charge is 0.310 e. The molecular formula is C13H16N2O4. The third-order valence-electron chi connectivity index (χ3n) is 3.21. The molecule has 6 heteroatoms. The van der Waals surface area contributed by atoms with Gasteiger partial charge in [0.25, 0.3) is 5.91 Å². The van der Waals surface area contributed by atoms with Crippen LogP contribution < -0.4 is 0 Å². The lowest BCUT2D eigenvalue weighted by Gasteiger charge is -2.31. The van der Waals surface area contributed by atoms with E-state index in [1.54, 1.807) is 4.90 Å². The Morgan fingerprint density at radius 3 is 2.95 bits per heavy atom. The van der Waals surface area contributed by atoms with Crippen LogP contribution in [0.2, 0.25) is 0 Å². The van der Waals surface area contributed by atoms with Crippen LogP contribution in [-0.2, 0) is 9.53 Å². The number of rotatable bonds is 2. The number of nitrogens with zero attached hydrogens (tertiary/aromatic N) is 2. The highest BCUT2D eigenvalue weighted by atomic mass is 16.5. The highest BCUT2D eigenvalue weighted by Gasteiger charge is 2.29. The fourth-order valence-electron chi connectivity index (χ4n) is 2.25. The largest absolute Gasteiger partial charge is 0.506 e. The summed E-state index contributed by atoms with van der Waals surface area (Å²) in [6.45, 7) is 0.948. The first-order valence-electron chi connectivity index (χ1n) is 6.13. The van der Waals surface area contributed by atoms with Crippen LogP contribution in [0.1, 0.15) is 23.2 Å². The van der Waals surface area contributed by atoms with E-state index in [1.165, 1.54) is 25.6 Å². The van der Waals surface area contributed by atoms with E-state index >= 15 is 0 Å². The number of esters is 1. The SMILES string of the molecule is COC(=O)C1CCCN(C(=O)c2cncc(O)c2)C1. The van der Waals surface area contributed by atoms with Crippen molar-refractivity contribution in [3.63, 3.8) is 0 Å². The van der Waals surface area contributed by atoms with Crippen molar-refractivity contribution in [1.29, 1.82) is 0 Å². The van der Waals surface area contributed by atoms with Crippen molar-refractivity contribution in [2.45, 2.75) is 12.8 Å². The molecule has 1 fully saturated rings. The highest BCUT2D eigenvalue weighted by molar-refractivity contribution is 5.94. The summed E-state index contributed by atoms with van der Waals surface area (Å²) in [7, 11) is 1.35. The number of piperidine rings is 1. The number of carbonyl (C=O) groups excluding carboxylic acids is 2. The van der Waals surface area contributed by atoms with E-state index in [2.05, 4.69) is 4.98 Å². The zero-order valence-electron chi connectivity index (χ0n) is 10.7. The Morgan fingerprint density at radius 2 is 2.26 bits per heavy atom. The van der Waals surface area contributed by atoms with Gasteiger partial charge in [-0.3, -0.25) is 14.6 Å². The van der Waals surface area contributed by atoms with Gasteiger partial charge in [-0.15, -0.1) is 0 Å². The maximum absolute atomic E-state index is 12.2. The normalized spacial score (nSPS) is 19.0. The molecule has 2 heterocycles. The summed E-state index contributed by atoms with van der Waals surface area (Å²) in [5.74, 6) is -0.830. The number of amides is 1.